The summed E-state index contributed by atoms with van der Waals surface area (Å²) in [6, 6.07) is 61.4. The molecule has 10 aromatic rings. The predicted molar refractivity (Wildman–Crippen MR) is 360 cm³/mol. The number of thiophene rings is 2. The molecule has 0 radical (unpaired) electrons. The van der Waals surface area contributed by atoms with Gasteiger partial charge < -0.3 is 14.8 Å². The molecule has 0 saturated heterocycles. The molecule has 14 rings (SSSR count). The number of hydrogen-bond donors (Lipinski definition) is 1. The third-order valence-electron chi connectivity index (χ3n) is 19.7. The van der Waals surface area contributed by atoms with Crippen molar-refractivity contribution in [2.24, 2.45) is 0 Å². The van der Waals surface area contributed by atoms with Crippen LogP contribution in [0.2, 0.25) is 0 Å². The van der Waals surface area contributed by atoms with Crippen LogP contribution in [0.15, 0.2) is 175 Å². The van der Waals surface area contributed by atoms with Crippen LogP contribution in [0.4, 0.5) is 22.7 Å². The zero-order valence-corrected chi connectivity index (χ0v) is 51.3. The van der Waals surface area contributed by atoms with Crippen LogP contribution in [0, 0.1) is 12.3 Å². The Hall–Kier alpha value is -7.56. The Labute approximate surface area is 500 Å². The number of phenolic OH excluding ortho intramolecular Hbond substituents is 1. The topological polar surface area (TPSA) is 26.7 Å². The highest BCUT2D eigenvalue weighted by Gasteiger charge is 2.48. The number of fused-ring (bicyclic) bond motifs is 11. The van der Waals surface area contributed by atoms with Gasteiger partial charge in [-0.15, -0.1) is 29.1 Å². The van der Waals surface area contributed by atoms with E-state index in [-0.39, 0.29) is 34.3 Å². The first kappa shape index (κ1) is 53.5. The summed E-state index contributed by atoms with van der Waals surface area (Å²) in [5.41, 5.74) is 21.8. The van der Waals surface area contributed by atoms with Crippen molar-refractivity contribution in [2.45, 2.75) is 129 Å². The van der Waals surface area contributed by atoms with Gasteiger partial charge >= 0.3 is 6.85 Å². The van der Waals surface area contributed by atoms with Gasteiger partial charge in [-0.05, 0) is 189 Å². The fraction of sp³-hybridized carbons (Fsp3) is 0.273. The van der Waals surface area contributed by atoms with Crippen LogP contribution in [0.25, 0.3) is 63.7 Å². The minimum atomic E-state index is -0.217. The number of anilines is 4. The van der Waals surface area contributed by atoms with Crippen LogP contribution in [0.1, 0.15) is 140 Å². The molecule has 0 spiro atoms. The second-order valence-electron chi connectivity index (χ2n) is 26.9. The summed E-state index contributed by atoms with van der Waals surface area (Å²) in [4.78, 5) is 5.39. The maximum atomic E-state index is 11.7. The molecule has 6 heteroatoms. The normalized spacial score (nSPS) is 17.5. The third-order valence-corrected chi connectivity index (χ3v) is 22.0. The van der Waals surface area contributed by atoms with Gasteiger partial charge in [-0.25, -0.2) is 0 Å². The average molecular weight is 1120 g/mol. The van der Waals surface area contributed by atoms with Crippen molar-refractivity contribution in [3.8, 4) is 40.3 Å². The first-order valence-corrected chi connectivity index (χ1v) is 31.8. The number of allylic oxidation sites excluding steroid dienone is 3. The molecule has 0 saturated carbocycles. The number of aromatic hydroxyl groups is 1. The van der Waals surface area contributed by atoms with E-state index < -0.39 is 0 Å². The lowest BCUT2D eigenvalue weighted by Gasteiger charge is -2.45. The van der Waals surface area contributed by atoms with Crippen molar-refractivity contribution >= 4 is 98.5 Å². The van der Waals surface area contributed by atoms with Crippen molar-refractivity contribution in [3.05, 3.63) is 214 Å². The predicted octanol–water partition coefficient (Wildman–Crippen LogP) is 20.6. The van der Waals surface area contributed by atoms with Crippen molar-refractivity contribution in [2.75, 3.05) is 16.3 Å². The van der Waals surface area contributed by atoms with Gasteiger partial charge in [0.2, 0.25) is 0 Å². The first-order chi connectivity index (χ1) is 39.9. The molecule has 3 nitrogen and oxygen atoms in total. The zero-order valence-electron chi connectivity index (χ0n) is 49.6. The maximum Gasteiger partial charge on any atom is 0.339 e. The highest BCUT2D eigenvalue weighted by Crippen LogP contribution is 2.56. The molecule has 83 heavy (non-hydrogen) atoms. The molecule has 4 heterocycles. The number of rotatable bonds is 9. The van der Waals surface area contributed by atoms with Gasteiger partial charge in [0.05, 0.1) is 5.69 Å². The lowest BCUT2D eigenvalue weighted by atomic mass is 9.46. The van der Waals surface area contributed by atoms with Crippen LogP contribution in [0.5, 0.6) is 5.75 Å². The molecule has 0 unspecified atom stereocenters. The van der Waals surface area contributed by atoms with Gasteiger partial charge in [0, 0.05) is 80.9 Å². The Balaban J connectivity index is 1.12. The Morgan fingerprint density at radius 3 is 1.76 bits per heavy atom. The van der Waals surface area contributed by atoms with Gasteiger partial charge in [-0.3, -0.25) is 0 Å². The average Bonchev–Trinajstić information content (AvgIpc) is 3.05. The van der Waals surface area contributed by atoms with E-state index >= 15 is 0 Å². The number of hydrogen-bond acceptors (Lipinski definition) is 5. The second-order valence-corrected chi connectivity index (χ2v) is 29.0. The zero-order chi connectivity index (χ0) is 57.3. The number of aryl methyl sites for hydroxylation is 1. The van der Waals surface area contributed by atoms with E-state index in [0.29, 0.717) is 17.7 Å². The summed E-state index contributed by atoms with van der Waals surface area (Å²) in [6.45, 7) is 22.3. The van der Waals surface area contributed by atoms with E-state index in [4.69, 9.17) is 6.42 Å². The smallest absolute Gasteiger partial charge is 0.339 e. The van der Waals surface area contributed by atoms with Gasteiger partial charge in [0.15, 0.2) is 0 Å². The molecule has 2 aromatic heterocycles. The quantitative estimate of drug-likeness (QED) is 0.115. The summed E-state index contributed by atoms with van der Waals surface area (Å²) in [5, 5.41) is 15.6. The fourth-order valence-electron chi connectivity index (χ4n) is 14.6. The highest BCUT2D eigenvalue weighted by atomic mass is 32.1. The molecule has 1 N–H and O–H groups in total. The molecule has 2 aliphatic carbocycles. The molecular formula is C77H73BN2OS2. The highest BCUT2D eigenvalue weighted by molar-refractivity contribution is 7.31. The molecule has 0 atom stereocenters. The lowest BCUT2D eigenvalue weighted by Crippen LogP contribution is -2.55. The summed E-state index contributed by atoms with van der Waals surface area (Å²) in [7, 11) is 0. The first-order valence-electron chi connectivity index (χ1n) is 30.2. The molecule has 412 valence electrons. The van der Waals surface area contributed by atoms with E-state index in [2.05, 4.69) is 224 Å². The van der Waals surface area contributed by atoms with Crippen LogP contribution in [0.3, 0.4) is 0 Å². The van der Waals surface area contributed by atoms with Crippen LogP contribution in [-0.4, -0.2) is 18.5 Å². The largest absolute Gasteiger partial charge is 0.507 e. The van der Waals surface area contributed by atoms with Crippen LogP contribution >= 0.6 is 22.7 Å². The molecule has 4 aliphatic rings. The van der Waals surface area contributed by atoms with Gasteiger partial charge in [-0.1, -0.05) is 172 Å². The Morgan fingerprint density at radius 2 is 1.13 bits per heavy atom. The number of para-hydroxylation sites is 1. The monoisotopic (exact) mass is 1120 g/mol. The minimum absolute atomic E-state index is 0.0118. The molecule has 2 aliphatic heterocycles. The molecular weight excluding hydrogens is 1040 g/mol. The Kier molecular flexibility index (Phi) is 12.7. The standard InChI is InChI=1S/C77H73BN2OS2/c1-11-13-22-48-29-34-66(55(39-48)52-25-18-15-19-26-52)79-47-65-56(40-49(12-2)54-27-20-21-28-68(54)81)57-41-58-59-42-61-63(76(7,8)37-35-74(61,3)4)44-69(59)82-71(58)46-67(57)80(53-32-30-51(31-33-53)50-23-16-14-17-24-50)78(65)73-72(79)60-43-62-64(45-70(60)83-73)77(9,10)38-36-75(62,5)6/h2,14-21,23-34,39-46,81H,11,13,22,35-38,47H2,1,3-10H3/b49-40+. The van der Waals surface area contributed by atoms with Gasteiger partial charge in [0.25, 0.3) is 0 Å². The Morgan fingerprint density at radius 1 is 0.578 bits per heavy atom. The summed E-state index contributed by atoms with van der Waals surface area (Å²) in [5.74, 6) is 3.31. The van der Waals surface area contributed by atoms with Crippen LogP contribution in [-0.2, 0) is 28.1 Å². The SMILES string of the molecule is C#C/C(=C\C1=C2CN(c3ccc(CCCC)cc3-c3ccccc3)c3c(sc4cc5c(cc34)C(C)(C)CCC5(C)C)B2N(c2ccc(-c3ccccc3)cc2)c2cc3sc4cc5c(cc4c3cc21)C(C)(C)CCC5(C)C)c1ccccc1O. The number of nitrogens with zero attached hydrogens (tertiary/aromatic N) is 2. The summed E-state index contributed by atoms with van der Waals surface area (Å²) in [6.07, 6.45) is 16.9. The summed E-state index contributed by atoms with van der Waals surface area (Å²) < 4.78 is 5.24. The second kappa shape index (κ2) is 19.8. The minimum Gasteiger partial charge on any atom is -0.507 e. The lowest BCUT2D eigenvalue weighted by molar-refractivity contribution is 0.332. The summed E-state index contributed by atoms with van der Waals surface area (Å²) >= 11 is 3.91. The van der Waals surface area contributed by atoms with Crippen molar-refractivity contribution in [1.29, 1.82) is 0 Å². The van der Waals surface area contributed by atoms with E-state index in [0.717, 1.165) is 61.0 Å². The van der Waals surface area contributed by atoms with E-state index in [1.165, 1.54) is 108 Å². The van der Waals surface area contributed by atoms with Gasteiger partial charge in [-0.2, -0.15) is 0 Å². The maximum absolute atomic E-state index is 11.7. The van der Waals surface area contributed by atoms with Crippen molar-refractivity contribution in [3.63, 3.8) is 0 Å². The third kappa shape index (κ3) is 8.82. The Bertz CT molecular complexity index is 4370. The number of unbranched alkanes of at least 4 members (excludes halogenated alkanes) is 1. The van der Waals surface area contributed by atoms with Crippen LogP contribution < -0.4 is 14.5 Å². The van der Waals surface area contributed by atoms with Gasteiger partial charge in [0.1, 0.15) is 5.75 Å². The van der Waals surface area contributed by atoms with Crippen molar-refractivity contribution in [1.82, 2.24) is 0 Å². The number of phenols is 1. The molecule has 8 aromatic carbocycles. The van der Waals surface area contributed by atoms with Crippen molar-refractivity contribution < 1.29 is 5.11 Å². The molecule has 0 fully saturated rings. The van der Waals surface area contributed by atoms with E-state index in [1.54, 1.807) is 6.07 Å². The molecule has 0 amide bonds. The van der Waals surface area contributed by atoms with E-state index in [9.17, 15) is 5.11 Å². The fourth-order valence-corrected chi connectivity index (χ4v) is 17.1. The number of benzene rings is 8. The molecule has 0 bridgehead atoms. The number of terminal acetylenes is 1. The van der Waals surface area contributed by atoms with E-state index in [1.807, 2.05) is 40.9 Å².